The van der Waals surface area contributed by atoms with Crippen molar-refractivity contribution in [2.45, 2.75) is 31.4 Å². The fourth-order valence-electron chi connectivity index (χ4n) is 3.24. The van der Waals surface area contributed by atoms with Gasteiger partial charge in [0.25, 0.3) is 0 Å². The van der Waals surface area contributed by atoms with Gasteiger partial charge in [0.15, 0.2) is 0 Å². The number of nitrogens with one attached hydrogen (secondary N) is 2. The molecule has 0 radical (unpaired) electrons. The monoisotopic (exact) mass is 414 g/mol. The molecular formula is C20H22N4O4S. The number of nitrogen functional groups attached to an aromatic ring is 1. The van der Waals surface area contributed by atoms with Crippen LogP contribution in [0.25, 0.3) is 6.08 Å². The van der Waals surface area contributed by atoms with Crippen molar-refractivity contribution in [3.05, 3.63) is 46.6 Å². The highest BCUT2D eigenvalue weighted by Gasteiger charge is 2.28. The third-order valence-electron chi connectivity index (χ3n) is 4.84. The molecule has 4 N–H and O–H groups in total. The maximum atomic E-state index is 12.2. The number of ether oxygens (including phenoxy) is 2. The molecule has 2 aliphatic rings. The first-order valence-electron chi connectivity index (χ1n) is 9.42. The normalized spacial score (nSPS) is 18.7. The van der Waals surface area contributed by atoms with Gasteiger partial charge in [-0.25, -0.2) is 4.79 Å². The van der Waals surface area contributed by atoms with Gasteiger partial charge in [0.2, 0.25) is 5.91 Å². The van der Waals surface area contributed by atoms with E-state index in [-0.39, 0.29) is 18.1 Å². The van der Waals surface area contributed by atoms with Crippen molar-refractivity contribution in [2.24, 2.45) is 0 Å². The molecular weight excluding hydrogens is 392 g/mol. The minimum absolute atomic E-state index is 0.0422. The zero-order valence-corrected chi connectivity index (χ0v) is 16.5. The third-order valence-corrected chi connectivity index (χ3v) is 6.03. The molecule has 1 fully saturated rings. The summed E-state index contributed by atoms with van der Waals surface area (Å²) < 4.78 is 10.6. The van der Waals surface area contributed by atoms with Crippen LogP contribution in [0.1, 0.15) is 22.4 Å². The summed E-state index contributed by atoms with van der Waals surface area (Å²) in [6.07, 6.45) is 7.91. The summed E-state index contributed by atoms with van der Waals surface area (Å²) in [5.74, 6) is -0.256. The lowest BCUT2D eigenvalue weighted by Gasteiger charge is -2.28. The zero-order chi connectivity index (χ0) is 20.2. The van der Waals surface area contributed by atoms with E-state index < -0.39 is 6.09 Å². The van der Waals surface area contributed by atoms with Gasteiger partial charge in [0, 0.05) is 29.8 Å². The summed E-state index contributed by atoms with van der Waals surface area (Å²) in [5.41, 5.74) is 8.72. The van der Waals surface area contributed by atoms with E-state index in [1.54, 1.807) is 18.5 Å². The second kappa shape index (κ2) is 8.62. The Morgan fingerprint density at radius 2 is 2.24 bits per heavy atom. The highest BCUT2D eigenvalue weighted by Crippen LogP contribution is 2.40. The van der Waals surface area contributed by atoms with Crippen LogP contribution < -0.4 is 16.4 Å². The molecule has 9 heteroatoms. The van der Waals surface area contributed by atoms with Gasteiger partial charge in [-0.15, -0.1) is 11.3 Å². The van der Waals surface area contributed by atoms with E-state index in [4.69, 9.17) is 15.2 Å². The lowest BCUT2D eigenvalue weighted by Crippen LogP contribution is -2.49. The van der Waals surface area contributed by atoms with Crippen molar-refractivity contribution in [2.75, 3.05) is 24.3 Å². The lowest BCUT2D eigenvalue weighted by molar-refractivity contribution is -0.111. The number of pyridine rings is 1. The van der Waals surface area contributed by atoms with Crippen LogP contribution in [0, 0.1) is 0 Å². The minimum atomic E-state index is -0.412. The van der Waals surface area contributed by atoms with E-state index in [9.17, 15) is 9.59 Å². The maximum absolute atomic E-state index is 12.2. The van der Waals surface area contributed by atoms with Gasteiger partial charge < -0.3 is 25.8 Å². The average Bonchev–Trinajstić information content (AvgIpc) is 2.99. The molecule has 8 nitrogen and oxygen atoms in total. The Bertz CT molecular complexity index is 924. The molecule has 1 atom stereocenters. The number of carbonyl (C=O) groups is 2. The largest absolute Gasteiger partial charge is 0.446 e. The second-order valence-electron chi connectivity index (χ2n) is 7.00. The molecule has 3 heterocycles. The molecule has 0 saturated carbocycles. The van der Waals surface area contributed by atoms with Crippen molar-refractivity contribution in [3.8, 4) is 0 Å². The van der Waals surface area contributed by atoms with Crippen molar-refractivity contribution >= 4 is 40.1 Å². The van der Waals surface area contributed by atoms with Gasteiger partial charge in [0.1, 0.15) is 11.1 Å². The Balaban J connectivity index is 1.35. The molecule has 1 aliphatic carbocycles. The number of alkyl carbamates (subject to hydrolysis) is 1. The maximum Gasteiger partial charge on any atom is 0.407 e. The van der Waals surface area contributed by atoms with E-state index in [2.05, 4.69) is 15.6 Å². The van der Waals surface area contributed by atoms with Crippen molar-refractivity contribution < 1.29 is 19.1 Å². The highest BCUT2D eigenvalue weighted by atomic mass is 32.1. The molecule has 2 aromatic rings. The summed E-state index contributed by atoms with van der Waals surface area (Å²) in [6.45, 7) is 1.06. The Hall–Kier alpha value is -2.91. The predicted molar refractivity (Wildman–Crippen MR) is 111 cm³/mol. The summed E-state index contributed by atoms with van der Waals surface area (Å²) in [7, 11) is 0. The molecule has 1 unspecified atom stereocenters. The van der Waals surface area contributed by atoms with E-state index in [1.165, 1.54) is 17.4 Å². The highest BCUT2D eigenvalue weighted by molar-refractivity contribution is 7.17. The van der Waals surface area contributed by atoms with Gasteiger partial charge in [-0.3, -0.25) is 9.78 Å². The average molecular weight is 414 g/mol. The van der Waals surface area contributed by atoms with Gasteiger partial charge >= 0.3 is 6.09 Å². The van der Waals surface area contributed by atoms with Crippen LogP contribution in [0.5, 0.6) is 0 Å². The molecule has 1 saturated heterocycles. The number of carbonyl (C=O) groups excluding carboxylic acids is 2. The Kier molecular flexibility index (Phi) is 5.77. The van der Waals surface area contributed by atoms with E-state index in [0.717, 1.165) is 16.0 Å². The Morgan fingerprint density at radius 1 is 1.38 bits per heavy atom. The van der Waals surface area contributed by atoms with Crippen molar-refractivity contribution in [1.29, 1.82) is 0 Å². The lowest BCUT2D eigenvalue weighted by atomic mass is 9.95. The number of aromatic nitrogens is 1. The van der Waals surface area contributed by atoms with Gasteiger partial charge in [-0.2, -0.15) is 0 Å². The fourth-order valence-corrected chi connectivity index (χ4v) is 4.48. The van der Waals surface area contributed by atoms with Crippen LogP contribution in [-0.4, -0.2) is 42.3 Å². The molecule has 1 aliphatic heterocycles. The number of nitrogens with two attached hydrogens (primary N) is 1. The van der Waals surface area contributed by atoms with Crippen LogP contribution in [-0.2, 0) is 27.1 Å². The molecule has 2 aromatic heterocycles. The number of amides is 2. The predicted octanol–water partition coefficient (Wildman–Crippen LogP) is 2.36. The summed E-state index contributed by atoms with van der Waals surface area (Å²) in [5, 5.41) is 6.26. The standard InChI is InChI=1S/C20H22N4O4S/c21-18-15-5-4-14(28-20(26)23-13-10-27-11-13)8-16(15)29-19(18)24-17(25)6-3-12-2-1-7-22-9-12/h1-3,6-7,9,13-14H,4-5,8,10-11,21H2,(H,23,26)(H,24,25)/b6-3+. The molecule has 29 heavy (non-hydrogen) atoms. The van der Waals surface area contributed by atoms with Gasteiger partial charge in [0.05, 0.1) is 24.9 Å². The molecule has 0 bridgehead atoms. The molecule has 0 aromatic carbocycles. The number of rotatable bonds is 5. The summed E-state index contributed by atoms with van der Waals surface area (Å²) >= 11 is 1.44. The van der Waals surface area contributed by atoms with Crippen molar-refractivity contribution in [3.63, 3.8) is 0 Å². The Labute approximate surface area is 172 Å². The van der Waals surface area contributed by atoms with Crippen LogP contribution in [0.15, 0.2) is 30.6 Å². The summed E-state index contributed by atoms with van der Waals surface area (Å²) in [4.78, 5) is 29.3. The SMILES string of the molecule is Nc1c(NC(=O)/C=C/c2cccnc2)sc2c1CCC(OC(=O)NC1COC1)C2. The third kappa shape index (κ3) is 4.75. The molecule has 4 rings (SSSR count). The fraction of sp³-hybridized carbons (Fsp3) is 0.350. The smallest absolute Gasteiger partial charge is 0.407 e. The molecule has 2 amide bonds. The van der Waals surface area contributed by atoms with E-state index in [1.807, 2.05) is 12.1 Å². The van der Waals surface area contributed by atoms with Crippen LogP contribution in [0.2, 0.25) is 0 Å². The molecule has 0 spiro atoms. The number of nitrogens with zero attached hydrogens (tertiary/aromatic N) is 1. The Morgan fingerprint density at radius 3 is 2.97 bits per heavy atom. The zero-order valence-electron chi connectivity index (χ0n) is 15.7. The van der Waals surface area contributed by atoms with Gasteiger partial charge in [-0.1, -0.05) is 6.07 Å². The first-order chi connectivity index (χ1) is 14.1. The molecule has 152 valence electrons. The number of thiophene rings is 1. The number of fused-ring (bicyclic) bond motifs is 1. The van der Waals surface area contributed by atoms with E-state index in [0.29, 0.717) is 43.2 Å². The van der Waals surface area contributed by atoms with E-state index >= 15 is 0 Å². The van der Waals surface area contributed by atoms with Crippen LogP contribution in [0.4, 0.5) is 15.5 Å². The quantitative estimate of drug-likeness (QED) is 0.647. The van der Waals surface area contributed by atoms with Crippen molar-refractivity contribution in [1.82, 2.24) is 10.3 Å². The number of hydrogen-bond donors (Lipinski definition) is 3. The summed E-state index contributed by atoms with van der Waals surface area (Å²) in [6, 6.07) is 3.71. The van der Waals surface area contributed by atoms with Crippen LogP contribution >= 0.6 is 11.3 Å². The topological polar surface area (TPSA) is 116 Å². The number of anilines is 2. The first-order valence-corrected chi connectivity index (χ1v) is 10.2. The second-order valence-corrected chi connectivity index (χ2v) is 8.11. The van der Waals surface area contributed by atoms with Gasteiger partial charge in [-0.05, 0) is 36.1 Å². The number of hydrogen-bond acceptors (Lipinski definition) is 7. The first kappa shape index (κ1) is 19.4. The minimum Gasteiger partial charge on any atom is -0.446 e. The van der Waals surface area contributed by atoms with Crippen LogP contribution in [0.3, 0.4) is 0 Å².